The maximum absolute atomic E-state index is 5.67. The molecule has 0 aromatic carbocycles. The van der Waals surface area contributed by atoms with Crippen molar-refractivity contribution in [2.24, 2.45) is 0 Å². The van der Waals surface area contributed by atoms with Crippen molar-refractivity contribution in [3.8, 4) is 0 Å². The first-order valence-corrected chi connectivity index (χ1v) is 5.65. The van der Waals surface area contributed by atoms with Crippen molar-refractivity contribution in [1.29, 1.82) is 0 Å². The number of rotatable bonds is 0. The molecule has 2 nitrogen and oxygen atoms in total. The molecule has 0 unspecified atom stereocenters. The van der Waals surface area contributed by atoms with Gasteiger partial charge in [-0.25, -0.2) is 0 Å². The zero-order chi connectivity index (χ0) is 11.1. The van der Waals surface area contributed by atoms with E-state index in [0.717, 1.165) is 17.8 Å². The van der Waals surface area contributed by atoms with Gasteiger partial charge in [-0.15, -0.1) is 12.4 Å². The minimum Gasteiger partial charge on any atom is -0.147 e. The van der Waals surface area contributed by atoms with E-state index in [1.165, 1.54) is 0 Å². The molecule has 0 aromatic heterocycles. The van der Waals surface area contributed by atoms with Gasteiger partial charge in [0.05, 0.1) is 0 Å². The summed E-state index contributed by atoms with van der Waals surface area (Å²) in [5.74, 6) is 0. The van der Waals surface area contributed by atoms with Crippen LogP contribution >= 0.6 is 12.4 Å². The molecule has 15 heavy (non-hydrogen) atoms. The number of hydrogen-bond donors (Lipinski definition) is 0. The average molecular weight is 282 g/mol. The van der Waals surface area contributed by atoms with Crippen LogP contribution in [0.3, 0.4) is 0 Å². The predicted octanol–water partition coefficient (Wildman–Crippen LogP) is 2.26. The third-order valence-corrected chi connectivity index (χ3v) is 3.08. The van der Waals surface area contributed by atoms with Crippen LogP contribution in [0.4, 0.5) is 0 Å². The normalized spacial score (nSPS) is 20.7. The smallest absolute Gasteiger partial charge is 0.147 e. The predicted molar refractivity (Wildman–Crippen MR) is 65.2 cm³/mol. The molecule has 0 amide bonds. The maximum Gasteiger partial charge on any atom is -0.147 e. The minimum absolute atomic E-state index is 0. The fourth-order valence-corrected chi connectivity index (χ4v) is 2.53. The summed E-state index contributed by atoms with van der Waals surface area (Å²) in [6.07, 6.45) is 0. The van der Waals surface area contributed by atoms with E-state index in [-0.39, 0.29) is 23.5 Å². The van der Waals surface area contributed by atoms with Crippen molar-refractivity contribution < 1.29 is 15.6 Å². The van der Waals surface area contributed by atoms with Gasteiger partial charge in [0, 0.05) is 0 Å². The van der Waals surface area contributed by atoms with E-state index >= 15 is 0 Å². The molecule has 0 aliphatic carbocycles. The summed E-state index contributed by atoms with van der Waals surface area (Å²) in [7, 11) is 0. The quantitative estimate of drug-likeness (QED) is 0.629. The molecule has 0 radical (unpaired) electrons. The summed E-state index contributed by atoms with van der Waals surface area (Å²) < 4.78 is 0.984. The number of nitrogens with zero attached hydrogens (tertiary/aromatic N) is 2. The van der Waals surface area contributed by atoms with Gasteiger partial charge < -0.3 is 0 Å². The Hall–Kier alpha value is 0.599. The summed E-state index contributed by atoms with van der Waals surface area (Å²) in [5.41, 5.74) is 0.289. The number of halogens is 1. The van der Waals surface area contributed by atoms with Gasteiger partial charge in [0.25, 0.3) is 0 Å². The van der Waals surface area contributed by atoms with Crippen LogP contribution in [0.2, 0.25) is 0 Å². The van der Waals surface area contributed by atoms with Crippen LogP contribution < -0.4 is 0 Å². The van der Waals surface area contributed by atoms with Crippen molar-refractivity contribution in [1.82, 2.24) is 9.80 Å². The first-order chi connectivity index (χ1) is 6.14. The monoisotopic (exact) mass is 281 g/mol. The van der Waals surface area contributed by atoms with Crippen molar-refractivity contribution in [2.75, 3.05) is 13.1 Å². The Morgan fingerprint density at radius 3 is 1.27 bits per heavy atom. The zero-order valence-corrected chi connectivity index (χ0v) is 12.3. The van der Waals surface area contributed by atoms with Gasteiger partial charge in [0.2, 0.25) is 0 Å². The Labute approximate surface area is 108 Å². The van der Waals surface area contributed by atoms with Gasteiger partial charge in [-0.3, -0.25) is 0 Å². The maximum atomic E-state index is 5.67. The molecule has 1 fully saturated rings. The van der Waals surface area contributed by atoms with Crippen LogP contribution in [0.15, 0.2) is 0 Å². The molecule has 0 aromatic rings. The average Bonchev–Trinajstić information content (AvgIpc) is 2.26. The standard InChI is InChI=1S/C11H22N2.ClH.Cu/c1-10(2,3)12-7-8-13(9-12)11(4,5)6;;/h7-8H2,1-6H3;1H;. The first-order valence-electron chi connectivity index (χ1n) is 5.18. The topological polar surface area (TPSA) is 6.48 Å². The van der Waals surface area contributed by atoms with E-state index in [1.54, 1.807) is 0 Å². The van der Waals surface area contributed by atoms with Crippen LogP contribution in [0.25, 0.3) is 0 Å². The summed E-state index contributed by atoms with van der Waals surface area (Å²) in [6.45, 7) is 15.4. The van der Waals surface area contributed by atoms with Crippen LogP contribution in [0, 0.1) is 0 Å². The molecule has 0 atom stereocenters. The summed E-state index contributed by atoms with van der Waals surface area (Å²) in [6, 6.07) is 0. The molecule has 0 N–H and O–H groups in total. The van der Waals surface area contributed by atoms with Crippen molar-refractivity contribution >= 4 is 17.1 Å². The molecule has 1 rings (SSSR count). The van der Waals surface area contributed by atoms with Crippen molar-refractivity contribution in [3.63, 3.8) is 0 Å². The molecule has 0 saturated carbocycles. The fourth-order valence-electron chi connectivity index (χ4n) is 1.69. The van der Waals surface area contributed by atoms with E-state index in [9.17, 15) is 0 Å². The number of hydrogen-bond acceptors (Lipinski definition) is 2. The van der Waals surface area contributed by atoms with Crippen molar-refractivity contribution in [2.45, 2.75) is 52.6 Å². The van der Waals surface area contributed by atoms with Crippen LogP contribution in [0.1, 0.15) is 41.5 Å². The Kier molecular flexibility index (Phi) is 5.04. The van der Waals surface area contributed by atoms with Crippen LogP contribution in [-0.4, -0.2) is 38.6 Å². The Bertz CT molecular complexity index is 216. The first kappa shape index (κ1) is 15.6. The molecule has 1 saturated heterocycles. The van der Waals surface area contributed by atoms with E-state index in [2.05, 4.69) is 51.3 Å². The van der Waals surface area contributed by atoms with Crippen LogP contribution in [0.5, 0.6) is 0 Å². The van der Waals surface area contributed by atoms with Gasteiger partial charge in [-0.1, -0.05) is 0 Å². The fraction of sp³-hybridized carbons (Fsp3) is 0.909. The second kappa shape index (κ2) is 4.85. The van der Waals surface area contributed by atoms with E-state index in [0.29, 0.717) is 0 Å². The van der Waals surface area contributed by atoms with E-state index < -0.39 is 0 Å². The molecule has 1 aliphatic heterocycles. The van der Waals surface area contributed by atoms with E-state index in [4.69, 9.17) is 15.6 Å². The van der Waals surface area contributed by atoms with Crippen molar-refractivity contribution in [3.05, 3.63) is 0 Å². The summed E-state index contributed by atoms with van der Waals surface area (Å²) >= 11 is 5.67. The molecule has 0 spiro atoms. The SMILES string of the molecule is CC(C)(C)N1CCN(C(C)(C)C)[C]1=[Cu].Cl. The molecule has 95 valence electrons. The Morgan fingerprint density at radius 2 is 1.13 bits per heavy atom. The van der Waals surface area contributed by atoms with Gasteiger partial charge in [0.15, 0.2) is 0 Å². The third-order valence-electron chi connectivity index (χ3n) is 2.57. The largest absolute Gasteiger partial charge is 0.147 e. The van der Waals surface area contributed by atoms with Gasteiger partial charge in [-0.05, 0) is 0 Å². The Morgan fingerprint density at radius 1 is 0.867 bits per heavy atom. The molecule has 1 heterocycles. The molecular formula is C11H23ClCuN2. The van der Waals surface area contributed by atoms with Gasteiger partial charge in [0.1, 0.15) is 0 Å². The Balaban J connectivity index is 0.00000196. The molecule has 1 aliphatic rings. The third kappa shape index (κ3) is 3.54. The second-order valence-corrected chi connectivity index (χ2v) is 6.30. The second-order valence-electron chi connectivity index (χ2n) is 5.88. The summed E-state index contributed by atoms with van der Waals surface area (Å²) in [4.78, 5) is 4.61. The van der Waals surface area contributed by atoms with Gasteiger partial charge >= 0.3 is 95.8 Å². The minimum atomic E-state index is 0. The van der Waals surface area contributed by atoms with E-state index in [1.807, 2.05) is 0 Å². The molecule has 0 bridgehead atoms. The molecule has 4 heteroatoms. The van der Waals surface area contributed by atoms with Gasteiger partial charge in [-0.2, -0.15) is 0 Å². The summed E-state index contributed by atoms with van der Waals surface area (Å²) in [5, 5.41) is 0. The zero-order valence-electron chi connectivity index (χ0n) is 10.5. The molecular weight excluding hydrogens is 259 g/mol. The van der Waals surface area contributed by atoms with Crippen LogP contribution in [-0.2, 0) is 15.6 Å².